The van der Waals surface area contributed by atoms with Gasteiger partial charge in [0.2, 0.25) is 15.9 Å². The van der Waals surface area contributed by atoms with Crippen molar-refractivity contribution in [2.24, 2.45) is 0 Å². The molecular formula is C19H28FN3O3S. The largest absolute Gasteiger partial charge is 0.340 e. The van der Waals surface area contributed by atoms with Crippen LogP contribution in [0.5, 0.6) is 0 Å². The molecule has 1 aromatic rings. The zero-order valence-corrected chi connectivity index (χ0v) is 16.8. The van der Waals surface area contributed by atoms with E-state index in [1.54, 1.807) is 27.4 Å². The Morgan fingerprint density at radius 1 is 1.15 bits per heavy atom. The third kappa shape index (κ3) is 4.33. The standard InChI is InChI=1S/C19H28FN3O3S/c1-3-19(8-9-23(15-19)27(2,25)26)22-12-10-21(11-13-22)18(24)14-16-6-4-5-7-17(16)20/h4-7H,3,8-15H2,1-2H3/t19-/m1/s1. The van der Waals surface area contributed by atoms with Gasteiger partial charge >= 0.3 is 0 Å². The molecule has 2 heterocycles. The van der Waals surface area contributed by atoms with Gasteiger partial charge in [-0.1, -0.05) is 25.1 Å². The highest BCUT2D eigenvalue weighted by Crippen LogP contribution is 2.33. The van der Waals surface area contributed by atoms with Gasteiger partial charge in [0.15, 0.2) is 0 Å². The summed E-state index contributed by atoms with van der Waals surface area (Å²) in [5, 5.41) is 0. The van der Waals surface area contributed by atoms with E-state index in [-0.39, 0.29) is 23.7 Å². The van der Waals surface area contributed by atoms with Gasteiger partial charge in [-0.2, -0.15) is 0 Å². The maximum Gasteiger partial charge on any atom is 0.227 e. The van der Waals surface area contributed by atoms with Gasteiger partial charge in [-0.3, -0.25) is 9.69 Å². The number of benzene rings is 1. The number of amides is 1. The van der Waals surface area contributed by atoms with Crippen LogP contribution < -0.4 is 0 Å². The van der Waals surface area contributed by atoms with Crippen molar-refractivity contribution in [2.45, 2.75) is 31.7 Å². The molecule has 0 unspecified atom stereocenters. The topological polar surface area (TPSA) is 60.9 Å². The van der Waals surface area contributed by atoms with Crippen LogP contribution in [0.25, 0.3) is 0 Å². The van der Waals surface area contributed by atoms with Crippen LogP contribution in [-0.2, 0) is 21.2 Å². The second-order valence-electron chi connectivity index (χ2n) is 7.56. The average Bonchev–Trinajstić information content (AvgIpc) is 3.10. The molecule has 6 nitrogen and oxygen atoms in total. The monoisotopic (exact) mass is 397 g/mol. The van der Waals surface area contributed by atoms with E-state index in [0.29, 0.717) is 44.8 Å². The van der Waals surface area contributed by atoms with Crippen LogP contribution in [0.15, 0.2) is 24.3 Å². The first-order valence-electron chi connectivity index (χ1n) is 9.46. The van der Waals surface area contributed by atoms with Crippen LogP contribution in [0.4, 0.5) is 4.39 Å². The second-order valence-corrected chi connectivity index (χ2v) is 9.54. The highest BCUT2D eigenvalue weighted by molar-refractivity contribution is 7.88. The highest BCUT2D eigenvalue weighted by atomic mass is 32.2. The number of hydrogen-bond acceptors (Lipinski definition) is 4. The molecule has 0 bridgehead atoms. The van der Waals surface area contributed by atoms with Crippen LogP contribution in [0.3, 0.4) is 0 Å². The summed E-state index contributed by atoms with van der Waals surface area (Å²) in [6.45, 7) is 5.79. The van der Waals surface area contributed by atoms with Crippen LogP contribution in [-0.4, -0.2) is 79.5 Å². The molecule has 0 aromatic heterocycles. The lowest BCUT2D eigenvalue weighted by Crippen LogP contribution is -2.59. The van der Waals surface area contributed by atoms with E-state index in [2.05, 4.69) is 11.8 Å². The van der Waals surface area contributed by atoms with Gasteiger partial charge in [-0.15, -0.1) is 0 Å². The minimum atomic E-state index is -3.18. The fourth-order valence-corrected chi connectivity index (χ4v) is 5.12. The maximum absolute atomic E-state index is 13.8. The zero-order valence-electron chi connectivity index (χ0n) is 16.0. The normalized spacial score (nSPS) is 25.1. The summed E-state index contributed by atoms with van der Waals surface area (Å²) in [7, 11) is -3.18. The fraction of sp³-hybridized carbons (Fsp3) is 0.632. The van der Waals surface area contributed by atoms with E-state index in [1.165, 1.54) is 12.3 Å². The van der Waals surface area contributed by atoms with Crippen LogP contribution in [0, 0.1) is 5.82 Å². The van der Waals surface area contributed by atoms with Crippen molar-refractivity contribution in [3.63, 3.8) is 0 Å². The Hall–Kier alpha value is -1.51. The quantitative estimate of drug-likeness (QED) is 0.752. The molecule has 2 aliphatic rings. The molecule has 3 rings (SSSR count). The third-order valence-electron chi connectivity index (χ3n) is 6.03. The van der Waals surface area contributed by atoms with Crippen molar-refractivity contribution < 1.29 is 17.6 Å². The second kappa shape index (κ2) is 7.85. The van der Waals surface area contributed by atoms with Crippen LogP contribution in [0.1, 0.15) is 25.3 Å². The number of halogens is 1. The van der Waals surface area contributed by atoms with E-state index in [0.717, 1.165) is 12.8 Å². The first-order valence-corrected chi connectivity index (χ1v) is 11.3. The summed E-state index contributed by atoms with van der Waals surface area (Å²) in [4.78, 5) is 16.7. The molecule has 150 valence electrons. The summed E-state index contributed by atoms with van der Waals surface area (Å²) >= 11 is 0. The third-order valence-corrected chi connectivity index (χ3v) is 7.28. The molecule has 2 fully saturated rings. The number of rotatable bonds is 5. The minimum Gasteiger partial charge on any atom is -0.340 e. The minimum absolute atomic E-state index is 0.0607. The van der Waals surface area contributed by atoms with Gasteiger partial charge in [0, 0.05) is 44.8 Å². The molecule has 2 saturated heterocycles. The number of piperazine rings is 1. The van der Waals surface area contributed by atoms with Gasteiger partial charge in [-0.05, 0) is 24.5 Å². The molecule has 2 aliphatic heterocycles. The van der Waals surface area contributed by atoms with Crippen LogP contribution in [0.2, 0.25) is 0 Å². The Morgan fingerprint density at radius 2 is 1.81 bits per heavy atom. The molecule has 0 saturated carbocycles. The predicted octanol–water partition coefficient (Wildman–Crippen LogP) is 1.33. The van der Waals surface area contributed by atoms with Crippen molar-refractivity contribution in [2.75, 3.05) is 45.5 Å². The van der Waals surface area contributed by atoms with E-state index in [1.807, 2.05) is 0 Å². The van der Waals surface area contributed by atoms with Crippen molar-refractivity contribution in [3.05, 3.63) is 35.6 Å². The molecule has 1 aromatic carbocycles. The molecule has 0 N–H and O–H groups in total. The predicted molar refractivity (Wildman–Crippen MR) is 102 cm³/mol. The van der Waals surface area contributed by atoms with E-state index >= 15 is 0 Å². The van der Waals surface area contributed by atoms with E-state index < -0.39 is 10.0 Å². The number of nitrogens with zero attached hydrogens (tertiary/aromatic N) is 3. The SMILES string of the molecule is CC[C@@]1(N2CCN(C(=O)Cc3ccccc3F)CC2)CCN(S(C)(=O)=O)C1. The molecule has 0 spiro atoms. The van der Waals surface area contributed by atoms with Gasteiger partial charge in [0.1, 0.15) is 5.82 Å². The van der Waals surface area contributed by atoms with Gasteiger partial charge < -0.3 is 4.90 Å². The number of sulfonamides is 1. The average molecular weight is 398 g/mol. The van der Waals surface area contributed by atoms with Crippen LogP contribution >= 0.6 is 0 Å². The highest BCUT2D eigenvalue weighted by Gasteiger charge is 2.45. The Morgan fingerprint density at radius 3 is 2.37 bits per heavy atom. The fourth-order valence-electron chi connectivity index (χ4n) is 4.22. The molecule has 27 heavy (non-hydrogen) atoms. The molecular weight excluding hydrogens is 369 g/mol. The van der Waals surface area contributed by atoms with Crippen molar-refractivity contribution in [3.8, 4) is 0 Å². The summed E-state index contributed by atoms with van der Waals surface area (Å²) in [5.74, 6) is -0.407. The summed E-state index contributed by atoms with van der Waals surface area (Å²) in [6.07, 6.45) is 3.04. The van der Waals surface area contributed by atoms with Gasteiger partial charge in [0.05, 0.1) is 12.7 Å². The molecule has 8 heteroatoms. The maximum atomic E-state index is 13.8. The van der Waals surface area contributed by atoms with E-state index in [4.69, 9.17) is 0 Å². The molecule has 0 aliphatic carbocycles. The number of hydrogen-bond donors (Lipinski definition) is 0. The van der Waals surface area contributed by atoms with Crippen molar-refractivity contribution >= 4 is 15.9 Å². The number of carbonyl (C=O) groups excluding carboxylic acids is 1. The van der Waals surface area contributed by atoms with Crippen molar-refractivity contribution in [1.29, 1.82) is 0 Å². The van der Waals surface area contributed by atoms with Gasteiger partial charge in [-0.25, -0.2) is 17.1 Å². The lowest BCUT2D eigenvalue weighted by atomic mass is 9.92. The molecule has 1 atom stereocenters. The van der Waals surface area contributed by atoms with Crippen molar-refractivity contribution in [1.82, 2.24) is 14.1 Å². The summed E-state index contributed by atoms with van der Waals surface area (Å²) < 4.78 is 39.1. The lowest BCUT2D eigenvalue weighted by Gasteiger charge is -2.45. The molecule has 0 radical (unpaired) electrons. The molecule has 1 amide bonds. The summed E-state index contributed by atoms with van der Waals surface area (Å²) in [6, 6.07) is 6.38. The van der Waals surface area contributed by atoms with E-state index in [9.17, 15) is 17.6 Å². The number of carbonyl (C=O) groups is 1. The first-order chi connectivity index (χ1) is 12.7. The lowest BCUT2D eigenvalue weighted by molar-refractivity contribution is -0.133. The Balaban J connectivity index is 1.60. The summed E-state index contributed by atoms with van der Waals surface area (Å²) in [5.41, 5.74) is 0.276. The smallest absolute Gasteiger partial charge is 0.227 e. The zero-order chi connectivity index (χ0) is 19.7. The first kappa shape index (κ1) is 20.2. The Labute approximate surface area is 161 Å². The van der Waals surface area contributed by atoms with Gasteiger partial charge in [0.25, 0.3) is 0 Å². The Bertz CT molecular complexity index is 793. The Kier molecular flexibility index (Phi) is 5.88.